The molecule has 2 atom stereocenters. The summed E-state index contributed by atoms with van der Waals surface area (Å²) >= 11 is 0. The second kappa shape index (κ2) is 8.43. The lowest BCUT2D eigenvalue weighted by Gasteiger charge is -2.37. The number of hydrogen-bond donors (Lipinski definition) is 2. The molecule has 3 rings (SSSR count). The van der Waals surface area contributed by atoms with Gasteiger partial charge in [-0.15, -0.1) is 0 Å². The van der Waals surface area contributed by atoms with Gasteiger partial charge in [0.05, 0.1) is 11.7 Å². The van der Waals surface area contributed by atoms with Crippen LogP contribution in [-0.2, 0) is 11.2 Å². The Balaban J connectivity index is 1.46. The Kier molecular flexibility index (Phi) is 6.28. The first-order chi connectivity index (χ1) is 11.6. The zero-order valence-electron chi connectivity index (χ0n) is 14.6. The van der Waals surface area contributed by atoms with E-state index in [2.05, 4.69) is 35.2 Å². The fourth-order valence-electron chi connectivity index (χ4n) is 4.19. The molecule has 0 saturated carbocycles. The van der Waals surface area contributed by atoms with Crippen molar-refractivity contribution in [3.05, 3.63) is 35.9 Å². The Bertz CT molecular complexity index is 487. The molecule has 0 bridgehead atoms. The maximum absolute atomic E-state index is 10.6. The molecule has 2 heterocycles. The molecule has 4 heteroatoms. The molecule has 2 fully saturated rings. The van der Waals surface area contributed by atoms with Gasteiger partial charge in [-0.25, -0.2) is 0 Å². The Morgan fingerprint density at radius 2 is 1.96 bits per heavy atom. The van der Waals surface area contributed by atoms with Gasteiger partial charge in [-0.2, -0.15) is 0 Å². The van der Waals surface area contributed by atoms with Crippen LogP contribution in [-0.4, -0.2) is 59.7 Å². The maximum atomic E-state index is 10.6. The first-order valence-electron chi connectivity index (χ1n) is 9.37. The number of nitrogens with zero attached hydrogens (tertiary/aromatic N) is 1. The van der Waals surface area contributed by atoms with Crippen LogP contribution in [0.2, 0.25) is 0 Å². The highest BCUT2D eigenvalue weighted by Crippen LogP contribution is 2.27. The largest absolute Gasteiger partial charge is 0.392 e. The molecule has 0 amide bonds. The zero-order valence-corrected chi connectivity index (χ0v) is 14.6. The minimum absolute atomic E-state index is 0.455. The Morgan fingerprint density at radius 3 is 2.71 bits per heavy atom. The molecule has 134 valence electrons. The second-order valence-electron chi connectivity index (χ2n) is 7.65. The molecule has 2 saturated heterocycles. The number of ether oxygens (including phenoxy) is 1. The third-order valence-electron chi connectivity index (χ3n) is 5.48. The summed E-state index contributed by atoms with van der Waals surface area (Å²) in [5.41, 5.74) is 0.665. The van der Waals surface area contributed by atoms with Crippen LogP contribution in [0.5, 0.6) is 0 Å². The van der Waals surface area contributed by atoms with E-state index in [9.17, 15) is 10.2 Å². The molecular formula is C20H31NO3. The average Bonchev–Trinajstić information content (AvgIpc) is 2.56. The Morgan fingerprint density at radius 1 is 1.21 bits per heavy atom. The first-order valence-corrected chi connectivity index (χ1v) is 9.37. The number of β-amino-alcohol motifs (C(OH)–C–C–N with tert-alkyl or cyclic N) is 1. The summed E-state index contributed by atoms with van der Waals surface area (Å²) in [5, 5.41) is 21.0. The summed E-state index contributed by atoms with van der Waals surface area (Å²) in [5.74, 6) is 0.666. The van der Waals surface area contributed by atoms with Gasteiger partial charge in [0.2, 0.25) is 0 Å². The fourth-order valence-corrected chi connectivity index (χ4v) is 4.19. The molecule has 0 radical (unpaired) electrons. The summed E-state index contributed by atoms with van der Waals surface area (Å²) in [6.07, 6.45) is 4.88. The van der Waals surface area contributed by atoms with Crippen molar-refractivity contribution < 1.29 is 14.9 Å². The molecule has 2 N–H and O–H groups in total. The lowest BCUT2D eigenvalue weighted by atomic mass is 9.87. The number of hydrogen-bond acceptors (Lipinski definition) is 4. The van der Waals surface area contributed by atoms with Gasteiger partial charge in [0.1, 0.15) is 0 Å². The van der Waals surface area contributed by atoms with Crippen LogP contribution in [0.1, 0.15) is 37.7 Å². The summed E-state index contributed by atoms with van der Waals surface area (Å²) in [7, 11) is 0. The molecule has 0 spiro atoms. The average molecular weight is 333 g/mol. The highest BCUT2D eigenvalue weighted by atomic mass is 16.5. The predicted molar refractivity (Wildman–Crippen MR) is 94.9 cm³/mol. The van der Waals surface area contributed by atoms with Crippen molar-refractivity contribution in [1.82, 2.24) is 4.90 Å². The number of piperidine rings is 1. The molecular weight excluding hydrogens is 302 g/mol. The van der Waals surface area contributed by atoms with Gasteiger partial charge < -0.3 is 19.8 Å². The Hall–Kier alpha value is -0.940. The maximum Gasteiger partial charge on any atom is 0.0716 e. The van der Waals surface area contributed by atoms with Crippen molar-refractivity contribution in [3.8, 4) is 0 Å². The molecule has 0 aliphatic carbocycles. The number of benzene rings is 1. The van der Waals surface area contributed by atoms with Crippen LogP contribution in [0.4, 0.5) is 0 Å². The third kappa shape index (κ3) is 5.28. The standard InChI is InChI=1S/C20H31NO3/c22-19(14-20(23)8-11-24-12-9-20)16-21-10-4-7-18(15-21)13-17-5-2-1-3-6-17/h1-3,5-6,18-19,22-23H,4,7-16H2. The number of likely N-dealkylation sites (tertiary alicyclic amines) is 1. The van der Waals surface area contributed by atoms with Crippen LogP contribution in [0.3, 0.4) is 0 Å². The van der Waals surface area contributed by atoms with Crippen LogP contribution < -0.4 is 0 Å². The lowest BCUT2D eigenvalue weighted by molar-refractivity contribution is -0.0901. The SMILES string of the molecule is OC(CN1CCCC(Cc2ccccc2)C1)CC1(O)CCOCC1. The highest BCUT2D eigenvalue weighted by Gasteiger charge is 2.33. The monoisotopic (exact) mass is 333 g/mol. The quantitative estimate of drug-likeness (QED) is 0.838. The summed E-state index contributed by atoms with van der Waals surface area (Å²) in [6.45, 7) is 3.99. The van der Waals surface area contributed by atoms with Crippen molar-refractivity contribution in [1.29, 1.82) is 0 Å². The summed E-state index contributed by atoms with van der Waals surface area (Å²) in [4.78, 5) is 2.38. The van der Waals surface area contributed by atoms with E-state index in [0.29, 0.717) is 44.9 Å². The van der Waals surface area contributed by atoms with Crippen molar-refractivity contribution in [2.75, 3.05) is 32.8 Å². The minimum atomic E-state index is -0.739. The highest BCUT2D eigenvalue weighted by molar-refractivity contribution is 5.15. The predicted octanol–water partition coefficient (Wildman–Crippen LogP) is 2.23. The minimum Gasteiger partial charge on any atom is -0.392 e. The van der Waals surface area contributed by atoms with E-state index in [1.807, 2.05) is 0 Å². The van der Waals surface area contributed by atoms with Gasteiger partial charge >= 0.3 is 0 Å². The van der Waals surface area contributed by atoms with Crippen molar-refractivity contribution >= 4 is 0 Å². The lowest BCUT2D eigenvalue weighted by Crippen LogP contribution is -2.45. The Labute approximate surface area is 145 Å². The number of rotatable bonds is 6. The first kappa shape index (κ1) is 17.9. The fraction of sp³-hybridized carbons (Fsp3) is 0.700. The second-order valence-corrected chi connectivity index (χ2v) is 7.65. The molecule has 4 nitrogen and oxygen atoms in total. The van der Waals surface area contributed by atoms with Crippen LogP contribution in [0, 0.1) is 5.92 Å². The number of aliphatic hydroxyl groups is 2. The zero-order chi connectivity index (χ0) is 16.8. The molecule has 2 aliphatic heterocycles. The van der Waals surface area contributed by atoms with Crippen molar-refractivity contribution in [2.45, 2.75) is 50.2 Å². The van der Waals surface area contributed by atoms with Gasteiger partial charge in [0, 0.05) is 32.7 Å². The normalized spacial score (nSPS) is 26.2. The van der Waals surface area contributed by atoms with E-state index in [0.717, 1.165) is 19.5 Å². The van der Waals surface area contributed by atoms with E-state index < -0.39 is 11.7 Å². The molecule has 24 heavy (non-hydrogen) atoms. The van der Waals surface area contributed by atoms with E-state index in [-0.39, 0.29) is 0 Å². The van der Waals surface area contributed by atoms with E-state index in [4.69, 9.17) is 4.74 Å². The van der Waals surface area contributed by atoms with E-state index in [1.54, 1.807) is 0 Å². The van der Waals surface area contributed by atoms with Crippen LogP contribution in [0.15, 0.2) is 30.3 Å². The smallest absolute Gasteiger partial charge is 0.0716 e. The van der Waals surface area contributed by atoms with Gasteiger partial charge in [0.15, 0.2) is 0 Å². The summed E-state index contributed by atoms with van der Waals surface area (Å²) in [6, 6.07) is 10.7. The topological polar surface area (TPSA) is 52.9 Å². The summed E-state index contributed by atoms with van der Waals surface area (Å²) < 4.78 is 5.32. The van der Waals surface area contributed by atoms with Crippen molar-refractivity contribution in [3.63, 3.8) is 0 Å². The van der Waals surface area contributed by atoms with Gasteiger partial charge in [-0.1, -0.05) is 30.3 Å². The van der Waals surface area contributed by atoms with E-state index >= 15 is 0 Å². The van der Waals surface area contributed by atoms with E-state index in [1.165, 1.54) is 18.4 Å². The molecule has 2 unspecified atom stereocenters. The number of aliphatic hydroxyl groups excluding tert-OH is 1. The van der Waals surface area contributed by atoms with Gasteiger partial charge in [-0.05, 0) is 50.1 Å². The third-order valence-corrected chi connectivity index (χ3v) is 5.48. The molecule has 1 aromatic rings. The van der Waals surface area contributed by atoms with Gasteiger partial charge in [-0.3, -0.25) is 0 Å². The molecule has 1 aromatic carbocycles. The van der Waals surface area contributed by atoms with Crippen LogP contribution in [0.25, 0.3) is 0 Å². The molecule has 0 aromatic heterocycles. The van der Waals surface area contributed by atoms with Gasteiger partial charge in [0.25, 0.3) is 0 Å². The van der Waals surface area contributed by atoms with Crippen molar-refractivity contribution in [2.24, 2.45) is 5.92 Å². The molecule has 2 aliphatic rings. The van der Waals surface area contributed by atoms with Crippen LogP contribution >= 0.6 is 0 Å².